The highest BCUT2D eigenvalue weighted by molar-refractivity contribution is 7.03. The van der Waals surface area contributed by atoms with Gasteiger partial charge in [0.25, 0.3) is 0 Å². The van der Waals surface area contributed by atoms with E-state index >= 15 is 0 Å². The first kappa shape index (κ1) is 16.1. The van der Waals surface area contributed by atoms with E-state index in [1.54, 1.807) is 0 Å². The van der Waals surface area contributed by atoms with Crippen LogP contribution >= 0.6 is 0 Å². The standard InChI is InChI=1S/4C5H6N.Al/c4*1-2-4-6-5-3-1;/h4*2-4,6H,1H2;/q;;;;-1. The molecule has 0 aromatic heterocycles. The van der Waals surface area contributed by atoms with Gasteiger partial charge in [-0.2, -0.15) is 18.2 Å². The minimum Gasteiger partial charge on any atom is -0.409 e. The van der Waals surface area contributed by atoms with Crippen molar-refractivity contribution in [1.29, 1.82) is 0 Å². The molecule has 4 aliphatic rings. The van der Waals surface area contributed by atoms with Crippen LogP contribution in [0.25, 0.3) is 0 Å². The maximum atomic E-state index is 3.59. The molecule has 0 atom stereocenters. The van der Waals surface area contributed by atoms with E-state index < -0.39 is 13.1 Å². The predicted octanol–water partition coefficient (Wildman–Crippen LogP) is 3.16. The van der Waals surface area contributed by atoms with Crippen LogP contribution in [-0.2, 0) is 0 Å². The van der Waals surface area contributed by atoms with E-state index in [-0.39, 0.29) is 0 Å². The normalized spacial score (nSPS) is 21.8. The van der Waals surface area contributed by atoms with Crippen LogP contribution in [0.3, 0.4) is 0 Å². The number of rotatable bonds is 4. The maximum Gasteiger partial charge on any atom is 0.335 e. The number of hydrogen-bond donors (Lipinski definition) is 4. The molecule has 0 amide bonds. The van der Waals surface area contributed by atoms with Crippen LogP contribution in [0.2, 0.25) is 0 Å². The minimum atomic E-state index is -2.79. The third kappa shape index (κ3) is 2.91. The van der Waals surface area contributed by atoms with Gasteiger partial charge in [0.05, 0.1) is 0 Å². The summed E-state index contributed by atoms with van der Waals surface area (Å²) in [6, 6.07) is 0. The molecule has 0 aromatic carbocycles. The van der Waals surface area contributed by atoms with Crippen LogP contribution in [0, 0.1) is 0 Å². The zero-order valence-electron chi connectivity index (χ0n) is 14.3. The lowest BCUT2D eigenvalue weighted by Crippen LogP contribution is -2.58. The molecule has 0 fully saturated rings. The molecule has 4 heterocycles. The lowest BCUT2D eigenvalue weighted by molar-refractivity contribution is 0.961. The zero-order valence-corrected chi connectivity index (χ0v) is 15.5. The first-order chi connectivity index (χ1) is 12.4. The summed E-state index contributed by atoms with van der Waals surface area (Å²) < 4.78 is 5.36. The van der Waals surface area contributed by atoms with Crippen molar-refractivity contribution in [2.45, 2.75) is 25.7 Å². The molecule has 0 unspecified atom stereocenters. The molecule has 4 aliphatic heterocycles. The topological polar surface area (TPSA) is 48.1 Å². The highest BCUT2D eigenvalue weighted by Gasteiger charge is 2.44. The smallest absolute Gasteiger partial charge is 0.335 e. The fraction of sp³-hybridized carbons (Fsp3) is 0.200. The summed E-state index contributed by atoms with van der Waals surface area (Å²) in [7, 11) is 0. The molecule has 0 spiro atoms. The largest absolute Gasteiger partial charge is 0.409 e. The van der Waals surface area contributed by atoms with Crippen molar-refractivity contribution >= 4 is 13.1 Å². The van der Waals surface area contributed by atoms with E-state index in [1.165, 1.54) is 18.2 Å². The van der Waals surface area contributed by atoms with E-state index in [4.69, 9.17) is 0 Å². The predicted molar refractivity (Wildman–Crippen MR) is 106 cm³/mol. The van der Waals surface area contributed by atoms with Gasteiger partial charge in [-0.05, 0) is 50.5 Å². The molecular weight excluding hydrogens is 323 g/mol. The summed E-state index contributed by atoms with van der Waals surface area (Å²) in [5.41, 5.74) is 0. The van der Waals surface area contributed by atoms with Gasteiger partial charge < -0.3 is 21.3 Å². The Morgan fingerprint density at radius 3 is 0.960 bits per heavy atom. The van der Waals surface area contributed by atoms with Gasteiger partial charge in [-0.1, -0.05) is 24.3 Å². The Bertz CT molecular complexity index is 644. The highest BCUT2D eigenvalue weighted by Crippen LogP contribution is 2.37. The summed E-state index contributed by atoms with van der Waals surface area (Å²) in [6.45, 7) is 0. The lowest BCUT2D eigenvalue weighted by Gasteiger charge is -2.48. The Morgan fingerprint density at radius 2 is 0.760 bits per heavy atom. The molecule has 0 saturated heterocycles. The molecule has 0 aliphatic carbocycles. The monoisotopic (exact) mass is 347 g/mol. The molecule has 4 N–H and O–H groups in total. The number of allylic oxidation sites excluding steroid dienone is 8. The van der Waals surface area contributed by atoms with Crippen molar-refractivity contribution in [3.05, 3.63) is 91.6 Å². The molecule has 25 heavy (non-hydrogen) atoms. The van der Waals surface area contributed by atoms with Crippen LogP contribution in [0.1, 0.15) is 25.7 Å². The van der Waals surface area contributed by atoms with Crippen molar-refractivity contribution in [2.24, 2.45) is 0 Å². The molecule has 0 bridgehead atoms. The van der Waals surface area contributed by atoms with Gasteiger partial charge in [0.1, 0.15) is 0 Å². The molecule has 0 aromatic rings. The molecule has 5 heteroatoms. The second-order valence-corrected chi connectivity index (χ2v) is 10.9. The quantitative estimate of drug-likeness (QED) is 0.590. The fourth-order valence-electron chi connectivity index (χ4n) is 4.12. The average molecular weight is 347 g/mol. The van der Waals surface area contributed by atoms with Gasteiger partial charge >= 0.3 is 13.1 Å². The van der Waals surface area contributed by atoms with Crippen molar-refractivity contribution in [3.8, 4) is 0 Å². The van der Waals surface area contributed by atoms with E-state index in [0.29, 0.717) is 0 Å². The highest BCUT2D eigenvalue weighted by atomic mass is 27.2. The van der Waals surface area contributed by atoms with Crippen LogP contribution in [0.4, 0.5) is 0 Å². The molecule has 4 rings (SSSR count). The summed E-state index contributed by atoms with van der Waals surface area (Å²) in [6.07, 6.45) is 30.3. The lowest BCUT2D eigenvalue weighted by atomic mass is 10.3. The molecule has 4 nitrogen and oxygen atoms in total. The number of hydrogen-bond acceptors (Lipinski definition) is 4. The van der Waals surface area contributed by atoms with Gasteiger partial charge in [0.15, 0.2) is 0 Å². The second-order valence-electron chi connectivity index (χ2n) is 6.63. The summed E-state index contributed by atoms with van der Waals surface area (Å²) >= 11 is -2.79. The van der Waals surface area contributed by atoms with E-state index in [9.17, 15) is 0 Å². The second kappa shape index (κ2) is 7.27. The fourth-order valence-corrected chi connectivity index (χ4v) is 9.47. The Kier molecular flexibility index (Phi) is 4.69. The summed E-state index contributed by atoms with van der Waals surface area (Å²) in [5.74, 6) is 0. The average Bonchev–Trinajstić information content (AvgIpc) is 2.72. The summed E-state index contributed by atoms with van der Waals surface area (Å²) in [5, 5.41) is 14.4. The Hall–Kier alpha value is -2.35. The molecule has 0 saturated carbocycles. The van der Waals surface area contributed by atoms with Crippen LogP contribution in [-0.4, -0.2) is 13.1 Å². The van der Waals surface area contributed by atoms with Gasteiger partial charge in [-0.3, -0.25) is 0 Å². The van der Waals surface area contributed by atoms with Crippen molar-refractivity contribution < 1.29 is 0 Å². The van der Waals surface area contributed by atoms with Crippen molar-refractivity contribution in [2.75, 3.05) is 0 Å². The zero-order chi connectivity index (χ0) is 17.0. The maximum absolute atomic E-state index is 3.59. The van der Waals surface area contributed by atoms with Crippen LogP contribution in [0.15, 0.2) is 91.6 Å². The van der Waals surface area contributed by atoms with E-state index in [2.05, 4.69) is 94.7 Å². The van der Waals surface area contributed by atoms with Crippen LogP contribution < -0.4 is 21.3 Å². The first-order valence-electron chi connectivity index (χ1n) is 9.06. The van der Waals surface area contributed by atoms with Gasteiger partial charge in [-0.25, -0.2) is 0 Å². The van der Waals surface area contributed by atoms with Crippen LogP contribution in [0.5, 0.6) is 0 Å². The number of nitrogens with one attached hydrogen (secondary N) is 4. The van der Waals surface area contributed by atoms with Crippen molar-refractivity contribution in [1.82, 2.24) is 21.3 Å². The van der Waals surface area contributed by atoms with Gasteiger partial charge in [0, 0.05) is 0 Å². The van der Waals surface area contributed by atoms with E-state index in [0.717, 1.165) is 25.7 Å². The first-order valence-corrected chi connectivity index (χ1v) is 11.4. The third-order valence-electron chi connectivity index (χ3n) is 5.23. The third-order valence-corrected chi connectivity index (χ3v) is 10.6. The van der Waals surface area contributed by atoms with Gasteiger partial charge in [-0.15, -0.1) is 24.3 Å². The molecule has 0 radical (unpaired) electrons. The molecule has 128 valence electrons. The Labute approximate surface area is 151 Å². The van der Waals surface area contributed by atoms with Crippen molar-refractivity contribution in [3.63, 3.8) is 0 Å². The summed E-state index contributed by atoms with van der Waals surface area (Å²) in [4.78, 5) is 0. The Morgan fingerprint density at radius 1 is 0.480 bits per heavy atom. The SMILES string of the molecule is C1=CN[C]([Al-]([C]2=CCC=CN2)([C]2=CCC=CN2)[C]2=CCC=CN2)=CC1. The van der Waals surface area contributed by atoms with Gasteiger partial charge in [0.2, 0.25) is 0 Å². The molecular formula is C20H24AlN4-. The Balaban J connectivity index is 1.90. The number of dihydropyridines is 4. The van der Waals surface area contributed by atoms with E-state index in [1.807, 2.05) is 0 Å². The minimum absolute atomic E-state index is 0.972.